The SMILES string of the molecule is CN(C)OCCOCCOCCOCCNC(=O)CCC(C(=O)O)N1CCN(CC(=O)O)CCN(CC(=O)O)CC1. The monoisotopic (exact) mass is 593 g/mol. The van der Waals surface area contributed by atoms with E-state index in [1.54, 1.807) is 33.9 Å². The van der Waals surface area contributed by atoms with Crippen LogP contribution in [-0.4, -0.2) is 184 Å². The Morgan fingerprint density at radius 3 is 1.66 bits per heavy atom. The maximum Gasteiger partial charge on any atom is 0.320 e. The second kappa shape index (κ2) is 22.2. The molecule has 41 heavy (non-hydrogen) atoms. The number of carbonyl (C=O) groups excluding carboxylic acids is 1. The summed E-state index contributed by atoms with van der Waals surface area (Å²) < 4.78 is 16.2. The van der Waals surface area contributed by atoms with Crippen LogP contribution < -0.4 is 5.32 Å². The average Bonchev–Trinajstić information content (AvgIpc) is 2.97. The van der Waals surface area contributed by atoms with Crippen LogP contribution in [0.1, 0.15) is 12.8 Å². The molecule has 0 aromatic rings. The Balaban J connectivity index is 2.35. The van der Waals surface area contributed by atoms with Crippen molar-refractivity contribution < 1.29 is 53.5 Å². The van der Waals surface area contributed by atoms with Gasteiger partial charge in [-0.3, -0.25) is 38.7 Å². The zero-order valence-electron chi connectivity index (χ0n) is 24.2. The number of nitrogens with one attached hydrogen (secondary N) is 1. The van der Waals surface area contributed by atoms with E-state index in [4.69, 9.17) is 19.0 Å². The number of carbonyl (C=O) groups is 4. The number of amides is 1. The molecule has 1 unspecified atom stereocenters. The van der Waals surface area contributed by atoms with Gasteiger partial charge in [-0.25, -0.2) is 0 Å². The van der Waals surface area contributed by atoms with Gasteiger partial charge in [0.1, 0.15) is 6.04 Å². The number of carboxylic acid groups (broad SMARTS) is 3. The number of hydrogen-bond donors (Lipinski definition) is 4. The molecule has 0 aromatic carbocycles. The highest BCUT2D eigenvalue weighted by atomic mass is 16.7. The lowest BCUT2D eigenvalue weighted by molar-refractivity contribution is -0.144. The second-order valence-electron chi connectivity index (χ2n) is 9.60. The zero-order valence-corrected chi connectivity index (χ0v) is 24.2. The first kappa shape index (κ1) is 36.6. The summed E-state index contributed by atoms with van der Waals surface area (Å²) in [6, 6.07) is -0.977. The largest absolute Gasteiger partial charge is 0.480 e. The molecule has 16 heteroatoms. The fourth-order valence-corrected chi connectivity index (χ4v) is 4.07. The van der Waals surface area contributed by atoms with E-state index in [0.29, 0.717) is 65.8 Å². The molecule has 1 fully saturated rings. The maximum atomic E-state index is 12.3. The molecule has 1 rings (SSSR count). The smallest absolute Gasteiger partial charge is 0.320 e. The molecule has 238 valence electrons. The summed E-state index contributed by atoms with van der Waals surface area (Å²) in [4.78, 5) is 57.0. The summed E-state index contributed by atoms with van der Waals surface area (Å²) in [6.45, 7) is 4.51. The third kappa shape index (κ3) is 19.3. The first-order chi connectivity index (χ1) is 19.6. The number of hydroxylamine groups is 2. The number of nitrogens with zero attached hydrogens (tertiary/aromatic N) is 4. The van der Waals surface area contributed by atoms with Crippen LogP contribution in [0.4, 0.5) is 0 Å². The Bertz CT molecular complexity index is 746. The lowest BCUT2D eigenvalue weighted by atomic mass is 10.1. The molecular weight excluding hydrogens is 546 g/mol. The van der Waals surface area contributed by atoms with E-state index in [1.165, 1.54) is 0 Å². The van der Waals surface area contributed by atoms with Crippen LogP contribution in [0, 0.1) is 0 Å². The standard InChI is InChI=1S/C25H47N5O11/c1-27(2)41-18-17-40-16-15-39-14-13-38-12-5-26-22(31)4-3-21(25(36)37)30-10-8-28(19-23(32)33)6-7-29(9-11-30)20-24(34)35/h21H,3-20H2,1-2H3,(H,26,31)(H,32,33)(H,34,35)(H,36,37). The first-order valence-corrected chi connectivity index (χ1v) is 13.7. The van der Waals surface area contributed by atoms with Gasteiger partial charge in [0.25, 0.3) is 0 Å². The third-order valence-corrected chi connectivity index (χ3v) is 6.12. The molecule has 0 bridgehead atoms. The van der Waals surface area contributed by atoms with Crippen LogP contribution in [0.3, 0.4) is 0 Å². The molecule has 16 nitrogen and oxygen atoms in total. The normalized spacial score (nSPS) is 16.6. The Morgan fingerprint density at radius 1 is 0.732 bits per heavy atom. The van der Waals surface area contributed by atoms with Crippen LogP contribution >= 0.6 is 0 Å². The van der Waals surface area contributed by atoms with Crippen LogP contribution in [0.15, 0.2) is 0 Å². The minimum Gasteiger partial charge on any atom is -0.480 e. The highest BCUT2D eigenvalue weighted by Crippen LogP contribution is 2.11. The predicted molar refractivity (Wildman–Crippen MR) is 145 cm³/mol. The lowest BCUT2D eigenvalue weighted by Gasteiger charge is -2.30. The molecule has 0 aromatic heterocycles. The van der Waals surface area contributed by atoms with E-state index in [9.17, 15) is 34.5 Å². The first-order valence-electron chi connectivity index (χ1n) is 13.7. The molecular formula is C25H47N5O11. The molecule has 1 amide bonds. The van der Waals surface area contributed by atoms with Crippen LogP contribution in [0.5, 0.6) is 0 Å². The fourth-order valence-electron chi connectivity index (χ4n) is 4.07. The van der Waals surface area contributed by atoms with Gasteiger partial charge >= 0.3 is 17.9 Å². The molecule has 1 heterocycles. The number of aliphatic carboxylic acids is 3. The molecule has 0 aliphatic carbocycles. The number of ether oxygens (including phenoxy) is 3. The Hall–Kier alpha value is -2.44. The minimum absolute atomic E-state index is 0.0200. The van der Waals surface area contributed by atoms with Crippen molar-refractivity contribution in [3.63, 3.8) is 0 Å². The Labute approximate surface area is 241 Å². The summed E-state index contributed by atoms with van der Waals surface area (Å²) in [7, 11) is 3.59. The topological polar surface area (TPSA) is 191 Å². The lowest BCUT2D eigenvalue weighted by Crippen LogP contribution is -2.47. The number of carboxylic acids is 3. The zero-order chi connectivity index (χ0) is 30.5. The van der Waals surface area contributed by atoms with Crippen molar-refractivity contribution in [3.8, 4) is 0 Å². The van der Waals surface area contributed by atoms with Gasteiger partial charge in [0.15, 0.2) is 0 Å². The van der Waals surface area contributed by atoms with Gasteiger partial charge < -0.3 is 34.8 Å². The fraction of sp³-hybridized carbons (Fsp3) is 0.840. The summed E-state index contributed by atoms with van der Waals surface area (Å²) in [5.41, 5.74) is 0. The van der Waals surface area contributed by atoms with Gasteiger partial charge in [0, 0.05) is 66.3 Å². The van der Waals surface area contributed by atoms with E-state index in [1.807, 2.05) is 0 Å². The van der Waals surface area contributed by atoms with Gasteiger partial charge in [-0.05, 0) is 6.42 Å². The summed E-state index contributed by atoms with van der Waals surface area (Å²) >= 11 is 0. The van der Waals surface area contributed by atoms with Crippen LogP contribution in [0.2, 0.25) is 0 Å². The van der Waals surface area contributed by atoms with E-state index >= 15 is 0 Å². The quantitative estimate of drug-likeness (QED) is 0.0793. The summed E-state index contributed by atoms with van der Waals surface area (Å²) in [5, 5.41) is 32.6. The van der Waals surface area contributed by atoms with E-state index in [-0.39, 0.29) is 58.1 Å². The van der Waals surface area contributed by atoms with E-state index in [0.717, 1.165) is 0 Å². The highest BCUT2D eigenvalue weighted by Gasteiger charge is 2.28. The van der Waals surface area contributed by atoms with Crippen molar-refractivity contribution >= 4 is 23.8 Å². The summed E-state index contributed by atoms with van der Waals surface area (Å²) in [5.74, 6) is -3.44. The maximum absolute atomic E-state index is 12.3. The Morgan fingerprint density at radius 2 is 1.20 bits per heavy atom. The minimum atomic E-state index is -1.10. The van der Waals surface area contributed by atoms with Crippen molar-refractivity contribution in [2.24, 2.45) is 0 Å². The molecule has 4 N–H and O–H groups in total. The van der Waals surface area contributed by atoms with Crippen LogP contribution in [0.25, 0.3) is 0 Å². The van der Waals surface area contributed by atoms with Gasteiger partial charge in [-0.2, -0.15) is 5.06 Å². The van der Waals surface area contributed by atoms with E-state index < -0.39 is 23.9 Å². The number of rotatable bonds is 22. The van der Waals surface area contributed by atoms with Crippen molar-refractivity contribution in [3.05, 3.63) is 0 Å². The van der Waals surface area contributed by atoms with Crippen molar-refractivity contribution in [1.29, 1.82) is 0 Å². The third-order valence-electron chi connectivity index (χ3n) is 6.12. The van der Waals surface area contributed by atoms with Gasteiger partial charge in [-0.15, -0.1) is 0 Å². The molecule has 1 saturated heterocycles. The van der Waals surface area contributed by atoms with E-state index in [2.05, 4.69) is 5.32 Å². The molecule has 0 spiro atoms. The second-order valence-corrected chi connectivity index (χ2v) is 9.60. The molecule has 1 aliphatic heterocycles. The van der Waals surface area contributed by atoms with Crippen molar-refractivity contribution in [1.82, 2.24) is 25.1 Å². The predicted octanol–water partition coefficient (Wildman–Crippen LogP) is -2.03. The molecule has 0 saturated carbocycles. The van der Waals surface area contributed by atoms with Crippen molar-refractivity contribution in [2.45, 2.75) is 18.9 Å². The number of hydrogen-bond acceptors (Lipinski definition) is 12. The summed E-state index contributed by atoms with van der Waals surface area (Å²) in [6.07, 6.45) is 0.0326. The van der Waals surface area contributed by atoms with Gasteiger partial charge in [0.05, 0.1) is 59.3 Å². The average molecular weight is 594 g/mol. The van der Waals surface area contributed by atoms with Crippen LogP contribution in [-0.2, 0) is 38.2 Å². The van der Waals surface area contributed by atoms with Gasteiger partial charge in [0.2, 0.25) is 5.91 Å². The molecule has 1 atom stereocenters. The molecule has 1 aliphatic rings. The van der Waals surface area contributed by atoms with Crippen molar-refractivity contribution in [2.75, 3.05) is 119 Å². The van der Waals surface area contributed by atoms with Gasteiger partial charge in [-0.1, -0.05) is 0 Å². The Kier molecular flexibility index (Phi) is 19.8. The highest BCUT2D eigenvalue weighted by molar-refractivity contribution is 5.78. The molecule has 0 radical (unpaired) electrons.